The fraction of sp³-hybridized carbons (Fsp3) is 0.250. The highest BCUT2D eigenvalue weighted by molar-refractivity contribution is 6.33. The third-order valence-electron chi connectivity index (χ3n) is 8.72. The molecule has 5 aromatic rings. The minimum absolute atomic E-state index is 0.169. The number of carbonyl (C=O) groups is 2. The summed E-state index contributed by atoms with van der Waals surface area (Å²) in [5, 5.41) is 1.11. The van der Waals surface area contributed by atoms with Crippen LogP contribution in [0.25, 0.3) is 10.9 Å². The Morgan fingerprint density at radius 2 is 1.74 bits per heavy atom. The van der Waals surface area contributed by atoms with E-state index >= 15 is 0 Å². The summed E-state index contributed by atoms with van der Waals surface area (Å²) in [5.74, 6) is 0.190. The number of hydrogen-bond donors (Lipinski definition) is 0. The molecule has 2 unspecified atom stereocenters. The van der Waals surface area contributed by atoms with Crippen LogP contribution in [0, 0.1) is 6.92 Å². The minimum atomic E-state index is -1.39. The molecule has 1 aliphatic carbocycles. The first-order chi connectivity index (χ1) is 20.5. The molecule has 0 saturated carbocycles. The highest BCUT2D eigenvalue weighted by Gasteiger charge is 2.54. The summed E-state index contributed by atoms with van der Waals surface area (Å²) >= 11 is 0. The molecule has 210 valence electrons. The smallest absolute Gasteiger partial charge is 0.182 e. The van der Waals surface area contributed by atoms with E-state index in [-0.39, 0.29) is 24.1 Å². The first-order valence-electron chi connectivity index (χ1n) is 14.5. The van der Waals surface area contributed by atoms with Gasteiger partial charge in [0.15, 0.2) is 11.6 Å². The van der Waals surface area contributed by atoms with Gasteiger partial charge in [0.2, 0.25) is 0 Å². The van der Waals surface area contributed by atoms with E-state index in [0.717, 1.165) is 53.6 Å². The van der Waals surface area contributed by atoms with E-state index in [4.69, 9.17) is 9.47 Å². The molecule has 0 N–H and O–H groups in total. The Hall–Kier alpha value is -4.55. The molecule has 0 spiro atoms. The first kappa shape index (κ1) is 26.4. The van der Waals surface area contributed by atoms with Crippen LogP contribution in [0.1, 0.15) is 55.8 Å². The Morgan fingerprint density at radius 1 is 0.929 bits per heavy atom. The number of fused-ring (bicyclic) bond motifs is 2. The van der Waals surface area contributed by atoms with Crippen LogP contribution in [-0.2, 0) is 29.7 Å². The Balaban J connectivity index is 1.31. The lowest BCUT2D eigenvalue weighted by Gasteiger charge is -2.27. The van der Waals surface area contributed by atoms with E-state index in [1.807, 2.05) is 54.6 Å². The molecule has 1 aliphatic heterocycles. The standard InChI is InChI=1S/C36H32N2O4/c1-24-21-38(22-29-8-5-17-41-29)33-18-27(9-11-30(24)33)36(20-25-13-15-37-16-14-25)34(39)31-12-10-28(19-32(31)35(36)40)42-23-26-6-3-2-4-7-26/h2-4,6-7,9-16,18-19,21,29H,5,8,17,20,22-23H2,1H3. The molecule has 1 fully saturated rings. The van der Waals surface area contributed by atoms with E-state index in [1.54, 1.807) is 30.6 Å². The molecule has 2 aromatic heterocycles. The van der Waals surface area contributed by atoms with Gasteiger partial charge in [-0.2, -0.15) is 0 Å². The Morgan fingerprint density at radius 3 is 2.52 bits per heavy atom. The van der Waals surface area contributed by atoms with Gasteiger partial charge in [0.25, 0.3) is 0 Å². The highest BCUT2D eigenvalue weighted by Crippen LogP contribution is 2.44. The summed E-state index contributed by atoms with van der Waals surface area (Å²) in [6, 6.07) is 25.0. The Bertz CT molecular complexity index is 1790. The monoisotopic (exact) mass is 556 g/mol. The molecule has 0 bridgehead atoms. The van der Waals surface area contributed by atoms with Gasteiger partial charge in [-0.05, 0) is 84.8 Å². The first-order valence-corrected chi connectivity index (χ1v) is 14.5. The Labute approximate surface area is 244 Å². The molecule has 6 nitrogen and oxygen atoms in total. The predicted octanol–water partition coefficient (Wildman–Crippen LogP) is 6.66. The maximum Gasteiger partial charge on any atom is 0.182 e. The van der Waals surface area contributed by atoms with Crippen LogP contribution in [0.2, 0.25) is 0 Å². The quantitative estimate of drug-likeness (QED) is 0.200. The molecule has 7 rings (SSSR count). The van der Waals surface area contributed by atoms with Crippen molar-refractivity contribution in [2.75, 3.05) is 6.61 Å². The predicted molar refractivity (Wildman–Crippen MR) is 161 cm³/mol. The maximum absolute atomic E-state index is 14.5. The summed E-state index contributed by atoms with van der Waals surface area (Å²) in [6.07, 6.45) is 8.08. The summed E-state index contributed by atoms with van der Waals surface area (Å²) in [7, 11) is 0. The number of nitrogens with zero attached hydrogens (tertiary/aromatic N) is 2. The van der Waals surface area contributed by atoms with Crippen molar-refractivity contribution in [3.05, 3.63) is 131 Å². The Kier molecular flexibility index (Phi) is 6.71. The van der Waals surface area contributed by atoms with E-state index < -0.39 is 5.41 Å². The van der Waals surface area contributed by atoms with E-state index in [1.165, 1.54) is 0 Å². The van der Waals surface area contributed by atoms with Crippen molar-refractivity contribution in [3.63, 3.8) is 0 Å². The van der Waals surface area contributed by atoms with Gasteiger partial charge in [0.05, 0.1) is 6.10 Å². The molecule has 2 aliphatic rings. The van der Waals surface area contributed by atoms with Crippen LogP contribution in [0.5, 0.6) is 5.75 Å². The summed E-state index contributed by atoms with van der Waals surface area (Å²) in [5.41, 5.74) is 4.24. The fourth-order valence-electron chi connectivity index (χ4n) is 6.53. The zero-order chi connectivity index (χ0) is 28.7. The third kappa shape index (κ3) is 4.52. The van der Waals surface area contributed by atoms with Crippen LogP contribution in [0.4, 0.5) is 0 Å². The molecule has 3 heterocycles. The van der Waals surface area contributed by atoms with Crippen molar-refractivity contribution in [1.82, 2.24) is 9.55 Å². The van der Waals surface area contributed by atoms with E-state index in [0.29, 0.717) is 29.0 Å². The molecule has 1 saturated heterocycles. The third-order valence-corrected chi connectivity index (χ3v) is 8.72. The summed E-state index contributed by atoms with van der Waals surface area (Å²) < 4.78 is 14.2. The molecule has 0 amide bonds. The highest BCUT2D eigenvalue weighted by atomic mass is 16.5. The number of aryl methyl sites for hydroxylation is 1. The summed E-state index contributed by atoms with van der Waals surface area (Å²) in [4.78, 5) is 33.1. The zero-order valence-corrected chi connectivity index (χ0v) is 23.6. The molecule has 2 atom stereocenters. The number of pyridine rings is 1. The average molecular weight is 557 g/mol. The number of aromatic nitrogens is 2. The van der Waals surface area contributed by atoms with Crippen LogP contribution < -0.4 is 4.74 Å². The number of carbonyl (C=O) groups excluding carboxylic acids is 2. The normalized spacial score (nSPS) is 19.9. The minimum Gasteiger partial charge on any atom is -0.489 e. The van der Waals surface area contributed by atoms with Crippen molar-refractivity contribution < 1.29 is 19.1 Å². The molecule has 6 heteroatoms. The molecular formula is C36H32N2O4. The van der Waals surface area contributed by atoms with Gasteiger partial charge in [-0.15, -0.1) is 0 Å². The van der Waals surface area contributed by atoms with Gasteiger partial charge in [0, 0.05) is 53.8 Å². The molecule has 0 radical (unpaired) electrons. The second-order valence-electron chi connectivity index (χ2n) is 11.4. The van der Waals surface area contributed by atoms with Gasteiger partial charge >= 0.3 is 0 Å². The lowest BCUT2D eigenvalue weighted by Crippen LogP contribution is -2.40. The summed E-state index contributed by atoms with van der Waals surface area (Å²) in [6.45, 7) is 4.01. The molecular weight excluding hydrogens is 524 g/mol. The van der Waals surface area contributed by atoms with Gasteiger partial charge in [-0.1, -0.05) is 42.5 Å². The number of benzene rings is 3. The number of Topliss-reactive ketones (excluding diaryl/α,β-unsaturated/α-hetero) is 2. The van der Waals surface area contributed by atoms with Gasteiger partial charge in [-0.3, -0.25) is 14.6 Å². The van der Waals surface area contributed by atoms with E-state index in [9.17, 15) is 9.59 Å². The number of rotatable bonds is 8. The van der Waals surface area contributed by atoms with Crippen LogP contribution in [0.3, 0.4) is 0 Å². The van der Waals surface area contributed by atoms with Crippen molar-refractivity contribution in [1.29, 1.82) is 0 Å². The van der Waals surface area contributed by atoms with Crippen LogP contribution in [0.15, 0.2) is 97.5 Å². The largest absolute Gasteiger partial charge is 0.489 e. The second kappa shape index (κ2) is 10.7. The SMILES string of the molecule is Cc1cn(CC2CCCO2)c2cc(C3(Cc4ccncc4)C(=O)c4ccc(OCc5ccccc5)cc4C3=O)ccc12. The number of hydrogen-bond acceptors (Lipinski definition) is 5. The lowest BCUT2D eigenvalue weighted by molar-refractivity contribution is 0.0792. The second-order valence-corrected chi connectivity index (χ2v) is 11.4. The van der Waals surface area contributed by atoms with Gasteiger partial charge in [0.1, 0.15) is 17.8 Å². The fourth-order valence-corrected chi connectivity index (χ4v) is 6.53. The number of ketones is 2. The van der Waals surface area contributed by atoms with Crippen LogP contribution in [-0.4, -0.2) is 33.8 Å². The van der Waals surface area contributed by atoms with Crippen molar-refractivity contribution >= 4 is 22.5 Å². The number of ether oxygens (including phenoxy) is 2. The van der Waals surface area contributed by atoms with E-state index in [2.05, 4.69) is 28.7 Å². The molecule has 3 aromatic carbocycles. The van der Waals surface area contributed by atoms with Crippen LogP contribution >= 0.6 is 0 Å². The average Bonchev–Trinajstić information content (AvgIpc) is 3.71. The van der Waals surface area contributed by atoms with Crippen molar-refractivity contribution in [2.45, 2.75) is 50.9 Å². The lowest BCUT2D eigenvalue weighted by atomic mass is 9.71. The maximum atomic E-state index is 14.5. The van der Waals surface area contributed by atoms with Gasteiger partial charge in [-0.25, -0.2) is 0 Å². The topological polar surface area (TPSA) is 70.4 Å². The van der Waals surface area contributed by atoms with Crippen molar-refractivity contribution in [2.24, 2.45) is 0 Å². The molecule has 42 heavy (non-hydrogen) atoms. The zero-order valence-electron chi connectivity index (χ0n) is 23.6. The van der Waals surface area contributed by atoms with Crippen molar-refractivity contribution in [3.8, 4) is 5.75 Å². The van der Waals surface area contributed by atoms with Gasteiger partial charge < -0.3 is 14.0 Å².